The Labute approximate surface area is 114 Å². The first-order valence-corrected chi connectivity index (χ1v) is 5.65. The lowest BCUT2D eigenvalue weighted by Crippen LogP contribution is -2.17. The highest BCUT2D eigenvalue weighted by atomic mass is 16.6. The van der Waals surface area contributed by atoms with Crippen molar-refractivity contribution in [3.8, 4) is 6.07 Å². The maximum absolute atomic E-state index is 11.3. The molecule has 8 heteroatoms. The normalized spacial score (nSPS) is 10.6. The number of benzene rings is 1. The van der Waals surface area contributed by atoms with Gasteiger partial charge in [-0.15, -0.1) is 0 Å². The Morgan fingerprint density at radius 3 is 2.85 bits per heavy atom. The van der Waals surface area contributed by atoms with E-state index in [0.29, 0.717) is 11.3 Å². The summed E-state index contributed by atoms with van der Waals surface area (Å²) < 4.78 is 4.62. The first-order valence-electron chi connectivity index (χ1n) is 5.65. The molecule has 0 saturated heterocycles. The van der Waals surface area contributed by atoms with Crippen LogP contribution >= 0.6 is 0 Å². The molecule has 0 saturated carbocycles. The van der Waals surface area contributed by atoms with Crippen molar-refractivity contribution in [1.82, 2.24) is 0 Å². The van der Waals surface area contributed by atoms with E-state index in [1.165, 1.54) is 12.1 Å². The summed E-state index contributed by atoms with van der Waals surface area (Å²) in [5.74, 6) is -0.857. The third kappa shape index (κ3) is 3.78. The molecule has 0 spiro atoms. The predicted octanol–water partition coefficient (Wildman–Crippen LogP) is 1.76. The molecule has 20 heavy (non-hydrogen) atoms. The van der Waals surface area contributed by atoms with Gasteiger partial charge in [-0.25, -0.2) is 4.79 Å². The van der Waals surface area contributed by atoms with E-state index in [0.717, 1.165) is 0 Å². The van der Waals surface area contributed by atoms with Gasteiger partial charge in [0.15, 0.2) is 0 Å². The van der Waals surface area contributed by atoms with Gasteiger partial charge in [0.05, 0.1) is 17.2 Å². The van der Waals surface area contributed by atoms with Crippen molar-refractivity contribution in [2.24, 2.45) is 5.10 Å². The Kier molecular flexibility index (Phi) is 5.17. The molecule has 0 radical (unpaired) electrons. The molecule has 0 aliphatic carbocycles. The summed E-state index contributed by atoms with van der Waals surface area (Å²) in [5.41, 5.74) is 2.66. The third-order valence-electron chi connectivity index (χ3n) is 2.28. The van der Waals surface area contributed by atoms with Crippen molar-refractivity contribution in [2.75, 3.05) is 12.0 Å². The average Bonchev–Trinajstić information content (AvgIpc) is 2.41. The van der Waals surface area contributed by atoms with Crippen LogP contribution in [0.4, 0.5) is 11.4 Å². The van der Waals surface area contributed by atoms with Gasteiger partial charge in [0.2, 0.25) is 5.71 Å². The number of hydrogen-bond donors (Lipinski definition) is 1. The lowest BCUT2D eigenvalue weighted by molar-refractivity contribution is -0.385. The molecule has 1 N–H and O–H groups in total. The standard InChI is InChI=1S/C12H12N4O4/c1-3-20-12(17)10(7-13)15-14-9-5-4-8(2)11(6-9)16(18)19/h4-6,14H,3H2,1-2H3/b15-10-. The summed E-state index contributed by atoms with van der Waals surface area (Å²) >= 11 is 0. The average molecular weight is 276 g/mol. The van der Waals surface area contributed by atoms with Crippen molar-refractivity contribution in [1.29, 1.82) is 5.26 Å². The van der Waals surface area contributed by atoms with Crippen LogP contribution < -0.4 is 5.43 Å². The summed E-state index contributed by atoms with van der Waals surface area (Å²) in [5, 5.41) is 23.1. The molecular weight excluding hydrogens is 264 g/mol. The zero-order chi connectivity index (χ0) is 15.1. The van der Waals surface area contributed by atoms with E-state index in [4.69, 9.17) is 5.26 Å². The van der Waals surface area contributed by atoms with Gasteiger partial charge in [0, 0.05) is 11.6 Å². The van der Waals surface area contributed by atoms with Crippen molar-refractivity contribution >= 4 is 23.1 Å². The van der Waals surface area contributed by atoms with E-state index in [1.807, 2.05) is 0 Å². The molecule has 0 fully saturated rings. The van der Waals surface area contributed by atoms with Crippen LogP contribution in [-0.2, 0) is 9.53 Å². The Balaban J connectivity index is 2.94. The molecular formula is C12H12N4O4. The van der Waals surface area contributed by atoms with Gasteiger partial charge >= 0.3 is 5.97 Å². The number of anilines is 1. The number of hydrazone groups is 1. The number of rotatable bonds is 5. The minimum Gasteiger partial charge on any atom is -0.461 e. The summed E-state index contributed by atoms with van der Waals surface area (Å²) in [4.78, 5) is 21.6. The minimum absolute atomic E-state index is 0.0835. The number of nitrogens with one attached hydrogen (secondary N) is 1. The zero-order valence-corrected chi connectivity index (χ0v) is 10.9. The first-order chi connectivity index (χ1) is 9.49. The first kappa shape index (κ1) is 15.1. The van der Waals surface area contributed by atoms with Gasteiger partial charge < -0.3 is 4.74 Å². The molecule has 1 aromatic rings. The van der Waals surface area contributed by atoms with E-state index < -0.39 is 16.6 Å². The lowest BCUT2D eigenvalue weighted by Gasteiger charge is -2.03. The highest BCUT2D eigenvalue weighted by molar-refractivity contribution is 6.43. The molecule has 8 nitrogen and oxygen atoms in total. The number of aryl methyl sites for hydroxylation is 1. The molecule has 0 amide bonds. The van der Waals surface area contributed by atoms with Crippen LogP contribution in [0.1, 0.15) is 12.5 Å². The Bertz CT molecular complexity index is 604. The second kappa shape index (κ2) is 6.84. The van der Waals surface area contributed by atoms with Gasteiger partial charge in [-0.05, 0) is 19.9 Å². The van der Waals surface area contributed by atoms with Gasteiger partial charge in [0.1, 0.15) is 6.07 Å². The second-order valence-corrected chi connectivity index (χ2v) is 3.66. The number of nitrogens with zero attached hydrogens (tertiary/aromatic N) is 3. The van der Waals surface area contributed by atoms with E-state index in [2.05, 4.69) is 15.3 Å². The Morgan fingerprint density at radius 2 is 2.30 bits per heavy atom. The van der Waals surface area contributed by atoms with Crippen LogP contribution in [0.25, 0.3) is 0 Å². The van der Waals surface area contributed by atoms with Crippen LogP contribution in [-0.4, -0.2) is 23.2 Å². The number of nitriles is 1. The van der Waals surface area contributed by atoms with E-state index >= 15 is 0 Å². The minimum atomic E-state index is -0.857. The number of carbonyl (C=O) groups is 1. The van der Waals surface area contributed by atoms with Crippen LogP contribution in [0.2, 0.25) is 0 Å². The quantitative estimate of drug-likeness (QED) is 0.379. The number of hydrogen-bond acceptors (Lipinski definition) is 7. The maximum Gasteiger partial charge on any atom is 0.369 e. The van der Waals surface area contributed by atoms with Crippen LogP contribution in [0, 0.1) is 28.4 Å². The fourth-order valence-corrected chi connectivity index (χ4v) is 1.31. The van der Waals surface area contributed by atoms with E-state index in [9.17, 15) is 14.9 Å². The number of esters is 1. The summed E-state index contributed by atoms with van der Waals surface area (Å²) in [6.45, 7) is 3.32. The maximum atomic E-state index is 11.3. The smallest absolute Gasteiger partial charge is 0.369 e. The molecule has 0 unspecified atom stereocenters. The predicted molar refractivity (Wildman–Crippen MR) is 71.1 cm³/mol. The molecule has 0 atom stereocenters. The topological polar surface area (TPSA) is 118 Å². The zero-order valence-electron chi connectivity index (χ0n) is 10.9. The molecule has 0 bridgehead atoms. The molecule has 0 aliphatic heterocycles. The fourth-order valence-electron chi connectivity index (χ4n) is 1.31. The van der Waals surface area contributed by atoms with Crippen LogP contribution in [0.15, 0.2) is 23.3 Å². The molecule has 0 aliphatic rings. The summed E-state index contributed by atoms with van der Waals surface area (Å²) in [7, 11) is 0. The number of carbonyl (C=O) groups excluding carboxylic acids is 1. The van der Waals surface area contributed by atoms with Crippen molar-refractivity contribution in [3.05, 3.63) is 33.9 Å². The Hall–Kier alpha value is -2.95. The highest BCUT2D eigenvalue weighted by Gasteiger charge is 2.13. The third-order valence-corrected chi connectivity index (χ3v) is 2.28. The Morgan fingerprint density at radius 1 is 1.60 bits per heavy atom. The number of nitro groups is 1. The lowest BCUT2D eigenvalue weighted by atomic mass is 10.2. The molecule has 1 aromatic carbocycles. The van der Waals surface area contributed by atoms with E-state index in [1.54, 1.807) is 26.0 Å². The van der Waals surface area contributed by atoms with Gasteiger partial charge in [-0.1, -0.05) is 6.07 Å². The van der Waals surface area contributed by atoms with Gasteiger partial charge in [-0.2, -0.15) is 10.4 Å². The van der Waals surface area contributed by atoms with E-state index in [-0.39, 0.29) is 12.3 Å². The monoisotopic (exact) mass is 276 g/mol. The fraction of sp³-hybridized carbons (Fsp3) is 0.250. The SMILES string of the molecule is CCOC(=O)/C(C#N)=N\Nc1ccc(C)c([N+](=O)[O-])c1. The summed E-state index contributed by atoms with van der Waals surface area (Å²) in [6, 6.07) is 5.93. The van der Waals surface area contributed by atoms with Crippen LogP contribution in [0.5, 0.6) is 0 Å². The summed E-state index contributed by atoms with van der Waals surface area (Å²) in [6.07, 6.45) is 0. The molecule has 0 heterocycles. The second-order valence-electron chi connectivity index (χ2n) is 3.66. The molecule has 104 valence electrons. The van der Waals surface area contributed by atoms with Gasteiger partial charge in [0.25, 0.3) is 5.69 Å². The highest BCUT2D eigenvalue weighted by Crippen LogP contribution is 2.22. The van der Waals surface area contributed by atoms with Crippen molar-refractivity contribution < 1.29 is 14.5 Å². The number of nitro benzene ring substituents is 1. The van der Waals surface area contributed by atoms with Crippen LogP contribution in [0.3, 0.4) is 0 Å². The number of ether oxygens (including phenoxy) is 1. The van der Waals surface area contributed by atoms with Gasteiger partial charge in [-0.3, -0.25) is 15.5 Å². The van der Waals surface area contributed by atoms with Crippen molar-refractivity contribution in [3.63, 3.8) is 0 Å². The largest absolute Gasteiger partial charge is 0.461 e. The molecule has 1 rings (SSSR count). The molecule has 0 aromatic heterocycles. The van der Waals surface area contributed by atoms with Crippen molar-refractivity contribution in [2.45, 2.75) is 13.8 Å².